The van der Waals surface area contributed by atoms with Gasteiger partial charge in [0, 0.05) is 5.02 Å². The van der Waals surface area contributed by atoms with E-state index < -0.39 is 11.7 Å². The van der Waals surface area contributed by atoms with Crippen molar-refractivity contribution in [2.45, 2.75) is 13.5 Å². The van der Waals surface area contributed by atoms with Crippen molar-refractivity contribution < 1.29 is 18.6 Å². The average molecular weight is 471 g/mol. The summed E-state index contributed by atoms with van der Waals surface area (Å²) in [6, 6.07) is 12.3. The van der Waals surface area contributed by atoms with Crippen molar-refractivity contribution >= 4 is 29.0 Å². The molecule has 0 aliphatic rings. The molecule has 2 heterocycles. The molecule has 13 heteroatoms. The molecule has 168 valence electrons. The monoisotopic (exact) mass is 470 g/mol. The highest BCUT2D eigenvalue weighted by atomic mass is 35.5. The number of carbonyl (C=O) groups excluding carboxylic acids is 1. The maximum Gasteiger partial charge on any atom is 0.293 e. The number of nitrogens with zero attached hydrogens (tertiary/aromatic N) is 6. The Morgan fingerprint density at radius 3 is 2.61 bits per heavy atom. The zero-order valence-electron chi connectivity index (χ0n) is 17.1. The number of nitrogens with one attached hydrogen (secondary N) is 1. The van der Waals surface area contributed by atoms with E-state index in [0.717, 1.165) is 5.56 Å². The number of halogens is 2. The Labute approximate surface area is 190 Å². The lowest BCUT2D eigenvalue weighted by Crippen LogP contribution is -2.22. The number of hydrogen-bond donors (Lipinski definition) is 2. The van der Waals surface area contributed by atoms with Gasteiger partial charge in [-0.3, -0.25) is 4.79 Å². The van der Waals surface area contributed by atoms with Crippen LogP contribution in [0.5, 0.6) is 5.75 Å². The van der Waals surface area contributed by atoms with Crippen LogP contribution in [0.2, 0.25) is 5.02 Å². The minimum atomic E-state index is -0.651. The van der Waals surface area contributed by atoms with Gasteiger partial charge in [-0.1, -0.05) is 28.9 Å². The van der Waals surface area contributed by atoms with E-state index in [2.05, 4.69) is 35.8 Å². The smallest absolute Gasteiger partial charge is 0.293 e. The molecule has 3 N–H and O–H groups in total. The van der Waals surface area contributed by atoms with E-state index >= 15 is 0 Å². The number of benzene rings is 2. The Hall–Kier alpha value is -4.32. The standard InChI is InChI=1S/C20H16ClFN8O3/c1-11(12-2-4-13(21)5-3-12)24-26-20(31)17-16(10-32-15-8-6-14(22)7-9-15)30(29-25-17)19-18(23)27-33-28-19/h2-9H,10H2,1H3,(H2,23,27)(H,26,31)/b24-11+. The second-order valence-corrected chi connectivity index (χ2v) is 7.09. The molecular weight excluding hydrogens is 455 g/mol. The number of hydrogen-bond acceptors (Lipinski definition) is 9. The first-order valence-electron chi connectivity index (χ1n) is 9.44. The highest BCUT2D eigenvalue weighted by Gasteiger charge is 2.24. The van der Waals surface area contributed by atoms with Gasteiger partial charge in [0.15, 0.2) is 5.69 Å². The van der Waals surface area contributed by atoms with E-state index in [1.54, 1.807) is 31.2 Å². The Morgan fingerprint density at radius 2 is 1.94 bits per heavy atom. The Morgan fingerprint density at radius 1 is 1.21 bits per heavy atom. The molecule has 0 aliphatic carbocycles. The zero-order valence-corrected chi connectivity index (χ0v) is 17.8. The number of amides is 1. The van der Waals surface area contributed by atoms with Gasteiger partial charge in [0.1, 0.15) is 23.9 Å². The summed E-state index contributed by atoms with van der Waals surface area (Å²) in [4.78, 5) is 12.8. The molecule has 0 spiro atoms. The summed E-state index contributed by atoms with van der Waals surface area (Å²) < 4.78 is 24.6. The number of nitrogen functional groups attached to an aromatic ring is 1. The Balaban J connectivity index is 1.59. The van der Waals surface area contributed by atoms with E-state index in [1.165, 1.54) is 28.9 Å². The van der Waals surface area contributed by atoms with Crippen molar-refractivity contribution in [3.05, 3.63) is 76.3 Å². The highest BCUT2D eigenvalue weighted by Crippen LogP contribution is 2.19. The molecule has 0 fully saturated rings. The molecule has 2 aromatic heterocycles. The number of ether oxygens (including phenoxy) is 1. The van der Waals surface area contributed by atoms with Crippen LogP contribution in [0.4, 0.5) is 10.2 Å². The molecular formula is C20H16ClFN8O3. The first-order chi connectivity index (χ1) is 15.9. The minimum Gasteiger partial charge on any atom is -0.487 e. The Kier molecular flexibility index (Phi) is 6.26. The molecule has 11 nitrogen and oxygen atoms in total. The van der Waals surface area contributed by atoms with Crippen LogP contribution in [0.1, 0.15) is 28.7 Å². The fourth-order valence-electron chi connectivity index (χ4n) is 2.74. The molecule has 4 aromatic rings. The highest BCUT2D eigenvalue weighted by molar-refractivity contribution is 6.30. The molecule has 4 rings (SSSR count). The lowest BCUT2D eigenvalue weighted by molar-refractivity contribution is 0.0947. The van der Waals surface area contributed by atoms with Crippen molar-refractivity contribution in [3.8, 4) is 11.6 Å². The van der Waals surface area contributed by atoms with E-state index in [4.69, 9.17) is 22.1 Å². The van der Waals surface area contributed by atoms with E-state index in [9.17, 15) is 9.18 Å². The van der Waals surface area contributed by atoms with Crippen LogP contribution in [-0.4, -0.2) is 36.9 Å². The van der Waals surface area contributed by atoms with Crippen molar-refractivity contribution in [3.63, 3.8) is 0 Å². The number of aromatic nitrogens is 5. The third-order valence-corrected chi connectivity index (χ3v) is 4.70. The predicted octanol–water partition coefficient (Wildman–Crippen LogP) is 2.76. The summed E-state index contributed by atoms with van der Waals surface area (Å²) in [7, 11) is 0. The number of anilines is 1. The molecule has 0 bridgehead atoms. The lowest BCUT2D eigenvalue weighted by atomic mass is 10.1. The van der Waals surface area contributed by atoms with Gasteiger partial charge in [0.2, 0.25) is 11.6 Å². The molecule has 0 aliphatic heterocycles. The average Bonchev–Trinajstić information content (AvgIpc) is 3.43. The molecule has 1 amide bonds. The summed E-state index contributed by atoms with van der Waals surface area (Å²) in [5.74, 6) is -0.739. The van der Waals surface area contributed by atoms with Gasteiger partial charge in [-0.15, -0.1) is 5.10 Å². The van der Waals surface area contributed by atoms with Gasteiger partial charge >= 0.3 is 0 Å². The van der Waals surface area contributed by atoms with Gasteiger partial charge in [-0.2, -0.15) is 9.78 Å². The van der Waals surface area contributed by atoms with Crippen LogP contribution < -0.4 is 15.9 Å². The number of rotatable bonds is 7. The third-order valence-electron chi connectivity index (χ3n) is 4.45. The fraction of sp³-hybridized carbons (Fsp3) is 0.100. The Bertz CT molecular complexity index is 1300. The number of nitrogens with two attached hydrogens (primary N) is 1. The number of carbonyl (C=O) groups is 1. The molecule has 0 saturated heterocycles. The summed E-state index contributed by atoms with van der Waals surface area (Å²) in [6.07, 6.45) is 0. The van der Waals surface area contributed by atoms with E-state index in [1.807, 2.05) is 0 Å². The molecule has 0 atom stereocenters. The normalized spacial score (nSPS) is 11.4. The summed E-state index contributed by atoms with van der Waals surface area (Å²) >= 11 is 5.90. The van der Waals surface area contributed by atoms with Gasteiger partial charge in [0.25, 0.3) is 5.91 Å². The van der Waals surface area contributed by atoms with Crippen molar-refractivity contribution in [1.82, 2.24) is 30.7 Å². The SMILES string of the molecule is C/C(=N\NC(=O)c1nnn(-c2nonc2N)c1COc1ccc(F)cc1)c1ccc(Cl)cc1. The van der Waals surface area contributed by atoms with E-state index in [0.29, 0.717) is 16.5 Å². The van der Waals surface area contributed by atoms with Gasteiger partial charge in [-0.25, -0.2) is 14.4 Å². The minimum absolute atomic E-state index is 0.0279. The number of hydrazone groups is 1. The van der Waals surface area contributed by atoms with Crippen LogP contribution in [0, 0.1) is 5.82 Å². The molecule has 0 saturated carbocycles. The second-order valence-electron chi connectivity index (χ2n) is 6.66. The predicted molar refractivity (Wildman–Crippen MR) is 115 cm³/mol. The quantitative estimate of drug-likeness (QED) is 0.309. The van der Waals surface area contributed by atoms with Crippen LogP contribution in [0.3, 0.4) is 0 Å². The van der Waals surface area contributed by atoms with Gasteiger partial charge in [0.05, 0.1) is 5.71 Å². The zero-order chi connectivity index (χ0) is 23.4. The fourth-order valence-corrected chi connectivity index (χ4v) is 2.87. The molecule has 2 aromatic carbocycles. The maximum atomic E-state index is 13.2. The molecule has 0 unspecified atom stereocenters. The van der Waals surface area contributed by atoms with Crippen LogP contribution >= 0.6 is 11.6 Å². The van der Waals surface area contributed by atoms with Crippen LogP contribution in [0.25, 0.3) is 5.82 Å². The van der Waals surface area contributed by atoms with Crippen molar-refractivity contribution in [1.29, 1.82) is 0 Å². The largest absolute Gasteiger partial charge is 0.487 e. The summed E-state index contributed by atoms with van der Waals surface area (Å²) in [5.41, 5.74) is 9.60. The summed E-state index contributed by atoms with van der Waals surface area (Å²) in [6.45, 7) is 1.55. The topological polar surface area (TPSA) is 146 Å². The second kappa shape index (κ2) is 9.44. The lowest BCUT2D eigenvalue weighted by Gasteiger charge is -2.08. The first-order valence-corrected chi connectivity index (χ1v) is 9.82. The van der Waals surface area contributed by atoms with Crippen molar-refractivity contribution in [2.24, 2.45) is 5.10 Å². The maximum absolute atomic E-state index is 13.2. The first kappa shape index (κ1) is 21.9. The molecule has 33 heavy (non-hydrogen) atoms. The van der Waals surface area contributed by atoms with Gasteiger partial charge in [-0.05, 0) is 59.2 Å². The molecule has 0 radical (unpaired) electrons. The van der Waals surface area contributed by atoms with Crippen LogP contribution in [-0.2, 0) is 6.61 Å². The van der Waals surface area contributed by atoms with Crippen LogP contribution in [0.15, 0.2) is 58.3 Å². The van der Waals surface area contributed by atoms with Crippen molar-refractivity contribution in [2.75, 3.05) is 5.73 Å². The van der Waals surface area contributed by atoms with E-state index in [-0.39, 0.29) is 29.6 Å². The summed E-state index contributed by atoms with van der Waals surface area (Å²) in [5, 5.41) is 19.7. The third kappa shape index (κ3) is 4.96. The van der Waals surface area contributed by atoms with Gasteiger partial charge < -0.3 is 10.5 Å².